The largest absolute Gasteiger partial charge is 0.460 e. The highest BCUT2D eigenvalue weighted by atomic mass is 32.2. The van der Waals surface area contributed by atoms with Crippen LogP contribution in [0.5, 0.6) is 0 Å². The van der Waals surface area contributed by atoms with Gasteiger partial charge in [-0.05, 0) is 13.8 Å². The number of hydrogen-bond acceptors (Lipinski definition) is 5. The molecule has 1 atom stereocenters. The maximum atomic E-state index is 12.1. The van der Waals surface area contributed by atoms with E-state index in [9.17, 15) is 9.59 Å². The van der Waals surface area contributed by atoms with Crippen molar-refractivity contribution in [3.05, 3.63) is 22.4 Å². The standard InChI is InChI=1S/C13H17NO3S2/c1-7(2)17-13(16)11-8(3)5-14-9(4-10(15)18)6-19-12(11)14/h4,7-8H,5-6H2,1-3H3,(H,15,18)/b9-4+. The molecule has 1 unspecified atom stereocenters. The first-order chi connectivity index (χ1) is 8.90. The highest BCUT2D eigenvalue weighted by molar-refractivity contribution is 8.03. The summed E-state index contributed by atoms with van der Waals surface area (Å²) in [5.74, 6) is 0.575. The molecule has 19 heavy (non-hydrogen) atoms. The number of rotatable bonds is 3. The molecular weight excluding hydrogens is 282 g/mol. The highest BCUT2D eigenvalue weighted by Crippen LogP contribution is 2.45. The molecule has 2 rings (SSSR count). The normalized spacial score (nSPS) is 24.4. The minimum Gasteiger partial charge on any atom is -0.460 e. The molecule has 0 bridgehead atoms. The number of esters is 1. The second-order valence-corrected chi connectivity index (χ2v) is 6.35. The van der Waals surface area contributed by atoms with Crippen molar-refractivity contribution >= 4 is 35.5 Å². The smallest absolute Gasteiger partial charge is 0.337 e. The van der Waals surface area contributed by atoms with E-state index < -0.39 is 0 Å². The van der Waals surface area contributed by atoms with Crippen molar-refractivity contribution in [2.75, 3.05) is 12.3 Å². The Morgan fingerprint density at radius 1 is 1.53 bits per heavy atom. The van der Waals surface area contributed by atoms with Crippen LogP contribution < -0.4 is 0 Å². The van der Waals surface area contributed by atoms with Crippen LogP contribution in [0.1, 0.15) is 20.8 Å². The van der Waals surface area contributed by atoms with Gasteiger partial charge >= 0.3 is 5.97 Å². The minimum absolute atomic E-state index is 0.118. The monoisotopic (exact) mass is 299 g/mol. The summed E-state index contributed by atoms with van der Waals surface area (Å²) in [7, 11) is 0. The predicted molar refractivity (Wildman–Crippen MR) is 78.7 cm³/mol. The molecule has 4 nitrogen and oxygen atoms in total. The van der Waals surface area contributed by atoms with Gasteiger partial charge < -0.3 is 9.64 Å². The maximum Gasteiger partial charge on any atom is 0.337 e. The van der Waals surface area contributed by atoms with E-state index in [2.05, 4.69) is 12.6 Å². The summed E-state index contributed by atoms with van der Waals surface area (Å²) in [5, 5.41) is 0.668. The topological polar surface area (TPSA) is 46.6 Å². The first-order valence-electron chi connectivity index (χ1n) is 6.19. The van der Waals surface area contributed by atoms with E-state index in [0.29, 0.717) is 5.75 Å². The third-order valence-electron chi connectivity index (χ3n) is 2.98. The lowest BCUT2D eigenvalue weighted by Crippen LogP contribution is -2.19. The van der Waals surface area contributed by atoms with Gasteiger partial charge in [0.2, 0.25) is 5.12 Å². The molecule has 1 fully saturated rings. The summed E-state index contributed by atoms with van der Waals surface area (Å²) in [6, 6.07) is 0. The zero-order valence-corrected chi connectivity index (χ0v) is 12.9. The molecule has 0 amide bonds. The van der Waals surface area contributed by atoms with Gasteiger partial charge in [0.25, 0.3) is 0 Å². The molecule has 0 N–H and O–H groups in total. The van der Waals surface area contributed by atoms with Crippen molar-refractivity contribution in [3.8, 4) is 0 Å². The minimum atomic E-state index is -0.261. The average molecular weight is 299 g/mol. The van der Waals surface area contributed by atoms with Crippen LogP contribution in [0, 0.1) is 5.92 Å². The van der Waals surface area contributed by atoms with E-state index in [1.165, 1.54) is 6.08 Å². The number of nitrogens with zero attached hydrogens (tertiary/aromatic N) is 1. The molecule has 2 aliphatic heterocycles. The number of hydrogen-bond donors (Lipinski definition) is 1. The van der Waals surface area contributed by atoms with Crippen LogP contribution in [0.2, 0.25) is 0 Å². The SMILES string of the molecule is CC(C)OC(=O)C1=C2SC/C(=C\C(=O)S)N2CC1C. The van der Waals surface area contributed by atoms with E-state index in [1.54, 1.807) is 11.8 Å². The lowest BCUT2D eigenvalue weighted by molar-refractivity contribution is -0.143. The number of carbonyl (C=O) groups excluding carboxylic acids is 2. The molecule has 0 aromatic heterocycles. The zero-order chi connectivity index (χ0) is 14.2. The van der Waals surface area contributed by atoms with Crippen LogP contribution in [0.4, 0.5) is 0 Å². The van der Waals surface area contributed by atoms with Gasteiger partial charge in [0, 0.05) is 30.0 Å². The molecule has 6 heteroatoms. The Labute approximate surface area is 122 Å². The summed E-state index contributed by atoms with van der Waals surface area (Å²) < 4.78 is 5.29. The van der Waals surface area contributed by atoms with Gasteiger partial charge in [-0.2, -0.15) is 0 Å². The fourth-order valence-corrected chi connectivity index (χ4v) is 3.72. The van der Waals surface area contributed by atoms with Crippen molar-refractivity contribution in [1.29, 1.82) is 0 Å². The maximum absolute atomic E-state index is 12.1. The van der Waals surface area contributed by atoms with Crippen LogP contribution in [-0.2, 0) is 14.3 Å². The van der Waals surface area contributed by atoms with Crippen molar-refractivity contribution in [2.45, 2.75) is 26.9 Å². The molecule has 2 heterocycles. The summed E-state index contributed by atoms with van der Waals surface area (Å²) in [4.78, 5) is 25.2. The Kier molecular flexibility index (Phi) is 4.30. The second-order valence-electron chi connectivity index (χ2n) is 4.95. The van der Waals surface area contributed by atoms with Gasteiger partial charge in [-0.15, -0.1) is 24.4 Å². The third kappa shape index (κ3) is 3.00. The molecule has 104 valence electrons. The summed E-state index contributed by atoms with van der Waals surface area (Å²) >= 11 is 5.36. The fraction of sp³-hybridized carbons (Fsp3) is 0.538. The highest BCUT2D eigenvalue weighted by Gasteiger charge is 2.39. The van der Waals surface area contributed by atoms with E-state index in [1.807, 2.05) is 25.7 Å². The van der Waals surface area contributed by atoms with Crippen molar-refractivity contribution in [1.82, 2.24) is 4.90 Å². The Morgan fingerprint density at radius 2 is 2.21 bits per heavy atom. The zero-order valence-electron chi connectivity index (χ0n) is 11.2. The van der Waals surface area contributed by atoms with Crippen LogP contribution in [0.25, 0.3) is 0 Å². The van der Waals surface area contributed by atoms with Gasteiger partial charge in [0.1, 0.15) is 0 Å². The Balaban J connectivity index is 2.27. The van der Waals surface area contributed by atoms with Gasteiger partial charge in [-0.25, -0.2) is 4.79 Å². The average Bonchev–Trinajstić information content (AvgIpc) is 2.76. The third-order valence-corrected chi connectivity index (χ3v) is 4.26. The molecule has 0 aliphatic carbocycles. The van der Waals surface area contributed by atoms with Crippen LogP contribution in [0.15, 0.2) is 22.4 Å². The fourth-order valence-electron chi connectivity index (χ4n) is 2.26. The van der Waals surface area contributed by atoms with Gasteiger partial charge in [-0.3, -0.25) is 4.79 Å². The molecule has 0 spiro atoms. The number of ether oxygens (including phenoxy) is 1. The number of thiol groups is 1. The summed E-state index contributed by atoms with van der Waals surface area (Å²) in [5.41, 5.74) is 1.65. The van der Waals surface area contributed by atoms with Gasteiger partial charge in [0.15, 0.2) is 0 Å². The molecule has 0 aromatic carbocycles. The van der Waals surface area contributed by atoms with E-state index in [4.69, 9.17) is 4.74 Å². The van der Waals surface area contributed by atoms with Crippen LogP contribution in [-0.4, -0.2) is 34.4 Å². The second kappa shape index (κ2) is 5.63. The number of fused-ring (bicyclic) bond motifs is 1. The molecule has 2 aliphatic rings. The van der Waals surface area contributed by atoms with Gasteiger partial charge in [-0.1, -0.05) is 6.92 Å². The van der Waals surface area contributed by atoms with Crippen molar-refractivity contribution in [2.24, 2.45) is 5.92 Å². The van der Waals surface area contributed by atoms with E-state index >= 15 is 0 Å². The summed E-state index contributed by atoms with van der Waals surface area (Å²) in [6.07, 6.45) is 1.40. The molecule has 0 radical (unpaired) electrons. The molecular formula is C13H17NO3S2. The van der Waals surface area contributed by atoms with Crippen LogP contribution in [0.3, 0.4) is 0 Å². The first kappa shape index (κ1) is 14.5. The predicted octanol–water partition coefficient (Wildman–Crippen LogP) is 2.19. The summed E-state index contributed by atoms with van der Waals surface area (Å²) in [6.45, 7) is 6.40. The molecule has 0 aromatic rings. The number of carbonyl (C=O) groups is 2. The molecule has 1 saturated heterocycles. The lowest BCUT2D eigenvalue weighted by atomic mass is 10.1. The van der Waals surface area contributed by atoms with Crippen LogP contribution >= 0.6 is 24.4 Å². The number of thioether (sulfide) groups is 1. The first-order valence-corrected chi connectivity index (χ1v) is 7.62. The quantitative estimate of drug-likeness (QED) is 0.492. The Bertz CT molecular complexity index is 482. The van der Waals surface area contributed by atoms with Gasteiger partial charge in [0.05, 0.1) is 16.7 Å². The molecule has 0 saturated carbocycles. The Hall–Kier alpha value is -0.880. The van der Waals surface area contributed by atoms with Crippen molar-refractivity contribution < 1.29 is 14.3 Å². The Morgan fingerprint density at radius 3 is 2.79 bits per heavy atom. The van der Waals surface area contributed by atoms with Crippen molar-refractivity contribution in [3.63, 3.8) is 0 Å². The van der Waals surface area contributed by atoms with E-state index in [0.717, 1.165) is 22.8 Å². The van der Waals surface area contributed by atoms with E-state index in [-0.39, 0.29) is 23.1 Å². The lowest BCUT2D eigenvalue weighted by Gasteiger charge is -2.15.